The Kier molecular flexibility index (Phi) is 7.28. The second kappa shape index (κ2) is 8.29. The van der Waals surface area contributed by atoms with Crippen molar-refractivity contribution in [2.75, 3.05) is 19.6 Å². The molecule has 23 heavy (non-hydrogen) atoms. The molecule has 0 saturated carbocycles. The van der Waals surface area contributed by atoms with Crippen LogP contribution in [0.1, 0.15) is 51.2 Å². The summed E-state index contributed by atoms with van der Waals surface area (Å²) in [7, 11) is -2.35. The first-order valence-electron chi connectivity index (χ1n) is 8.03. The fraction of sp³-hybridized carbons (Fsp3) is 0.750. The van der Waals surface area contributed by atoms with Gasteiger partial charge < -0.3 is 14.8 Å². The van der Waals surface area contributed by atoms with Crippen LogP contribution in [0.2, 0.25) is 0 Å². The van der Waals surface area contributed by atoms with Gasteiger partial charge in [0.05, 0.1) is 23.5 Å². The molecule has 1 rings (SSSR count). The largest absolute Gasteiger partial charge is 0.335 e. The summed E-state index contributed by atoms with van der Waals surface area (Å²) in [6.07, 6.45) is 0.262. The van der Waals surface area contributed by atoms with Gasteiger partial charge in [-0.1, -0.05) is 27.7 Å². The highest BCUT2D eigenvalue weighted by molar-refractivity contribution is 7.62. The molecule has 0 aliphatic heterocycles. The van der Waals surface area contributed by atoms with Crippen LogP contribution in [0.4, 0.5) is 4.79 Å². The number of carbonyl (C=O) groups excluding carboxylic acids is 1. The maximum absolute atomic E-state index is 12.6. The molecule has 0 spiro atoms. The Bertz CT molecular complexity index is 565. The smallest absolute Gasteiger partial charge is 0.318 e. The predicted molar refractivity (Wildman–Crippen MR) is 98.9 cm³/mol. The second-order valence-corrected chi connectivity index (χ2v) is 11.5. The number of nitrogens with zero attached hydrogens (tertiary/aromatic N) is 2. The van der Waals surface area contributed by atoms with Crippen LogP contribution in [-0.4, -0.2) is 41.6 Å². The standard InChI is InChI=1S/C16H30N3O2PS/c1-11(2)13(5)17-16(20)19(10-22(6,7)21)8-14-9-23-15(18-14)12(3)4/h9,11-13H,8,10H2,1-7H3,(H,17,20)/t13-/m1/s1. The zero-order valence-electron chi connectivity index (χ0n) is 15.3. The fourth-order valence-electron chi connectivity index (χ4n) is 1.91. The molecule has 1 aromatic heterocycles. The van der Waals surface area contributed by atoms with Crippen molar-refractivity contribution >= 4 is 24.5 Å². The molecular weight excluding hydrogens is 329 g/mol. The van der Waals surface area contributed by atoms with E-state index in [1.54, 1.807) is 29.6 Å². The van der Waals surface area contributed by atoms with Gasteiger partial charge in [-0.05, 0) is 26.2 Å². The second-order valence-electron chi connectivity index (χ2n) is 7.23. The lowest BCUT2D eigenvalue weighted by molar-refractivity contribution is 0.196. The van der Waals surface area contributed by atoms with Crippen LogP contribution < -0.4 is 5.32 Å². The molecule has 2 amide bonds. The summed E-state index contributed by atoms with van der Waals surface area (Å²) in [6, 6.07) is -0.103. The first-order chi connectivity index (χ1) is 10.5. The Balaban J connectivity index is 2.87. The summed E-state index contributed by atoms with van der Waals surface area (Å²) in [6.45, 7) is 14.1. The number of hydrogen-bond donors (Lipinski definition) is 1. The molecule has 0 aliphatic carbocycles. The van der Waals surface area contributed by atoms with Gasteiger partial charge in [0, 0.05) is 17.3 Å². The summed E-state index contributed by atoms with van der Waals surface area (Å²) in [4.78, 5) is 18.8. The number of carbonyl (C=O) groups is 1. The lowest BCUT2D eigenvalue weighted by Crippen LogP contribution is -2.45. The SMILES string of the molecule is CC(C)c1nc(CN(CP(C)(C)=O)C(=O)N[C@H](C)C(C)C)cs1. The number of nitrogens with one attached hydrogen (secondary N) is 1. The van der Waals surface area contributed by atoms with Crippen molar-refractivity contribution in [3.8, 4) is 0 Å². The van der Waals surface area contributed by atoms with Crippen LogP contribution in [0, 0.1) is 5.92 Å². The van der Waals surface area contributed by atoms with E-state index >= 15 is 0 Å². The van der Waals surface area contributed by atoms with E-state index in [-0.39, 0.29) is 18.4 Å². The van der Waals surface area contributed by atoms with Gasteiger partial charge in [0.2, 0.25) is 0 Å². The molecule has 1 aromatic rings. The molecule has 1 atom stereocenters. The number of rotatable bonds is 7. The summed E-state index contributed by atoms with van der Waals surface area (Å²) >= 11 is 1.61. The Labute approximate surface area is 144 Å². The van der Waals surface area contributed by atoms with Crippen LogP contribution >= 0.6 is 18.5 Å². The Morgan fingerprint density at radius 2 is 1.91 bits per heavy atom. The van der Waals surface area contributed by atoms with Gasteiger partial charge in [-0.3, -0.25) is 0 Å². The van der Waals surface area contributed by atoms with Crippen molar-refractivity contribution in [2.24, 2.45) is 5.92 Å². The van der Waals surface area contributed by atoms with Crippen molar-refractivity contribution in [3.63, 3.8) is 0 Å². The molecule has 0 fully saturated rings. The minimum absolute atomic E-state index is 0.0692. The van der Waals surface area contributed by atoms with E-state index in [2.05, 4.69) is 38.0 Å². The fourth-order valence-corrected chi connectivity index (χ4v) is 3.78. The number of hydrogen-bond acceptors (Lipinski definition) is 4. The van der Waals surface area contributed by atoms with E-state index in [4.69, 9.17) is 0 Å². The van der Waals surface area contributed by atoms with Crippen LogP contribution in [-0.2, 0) is 11.1 Å². The topological polar surface area (TPSA) is 62.3 Å². The van der Waals surface area contributed by atoms with E-state index in [0.717, 1.165) is 10.7 Å². The van der Waals surface area contributed by atoms with Gasteiger partial charge in [0.25, 0.3) is 0 Å². The van der Waals surface area contributed by atoms with Crippen molar-refractivity contribution in [2.45, 2.75) is 53.1 Å². The molecule has 0 aromatic carbocycles. The van der Waals surface area contributed by atoms with Crippen molar-refractivity contribution < 1.29 is 9.36 Å². The molecule has 5 nitrogen and oxygen atoms in total. The minimum Gasteiger partial charge on any atom is -0.335 e. The van der Waals surface area contributed by atoms with Crippen molar-refractivity contribution in [3.05, 3.63) is 16.1 Å². The van der Waals surface area contributed by atoms with Crippen LogP contribution in [0.15, 0.2) is 5.38 Å². The predicted octanol–water partition coefficient (Wildman–Crippen LogP) is 4.40. The number of amides is 2. The van der Waals surface area contributed by atoms with E-state index in [1.165, 1.54) is 0 Å². The Morgan fingerprint density at radius 1 is 1.30 bits per heavy atom. The maximum Gasteiger partial charge on any atom is 0.318 e. The zero-order chi connectivity index (χ0) is 17.8. The third-order valence-corrected chi connectivity index (χ3v) is 5.78. The summed E-state index contributed by atoms with van der Waals surface area (Å²) in [5.41, 5.74) is 0.861. The van der Waals surface area contributed by atoms with E-state index < -0.39 is 7.14 Å². The van der Waals surface area contributed by atoms with E-state index in [0.29, 0.717) is 18.4 Å². The Morgan fingerprint density at radius 3 is 2.35 bits per heavy atom. The minimum atomic E-state index is -2.35. The monoisotopic (exact) mass is 359 g/mol. The normalized spacial score (nSPS) is 13.4. The maximum atomic E-state index is 12.6. The molecule has 1 N–H and O–H groups in total. The molecule has 1 heterocycles. The van der Waals surface area contributed by atoms with Crippen molar-refractivity contribution in [1.29, 1.82) is 0 Å². The van der Waals surface area contributed by atoms with E-state index in [1.807, 2.05) is 12.3 Å². The Hall–Kier alpha value is -0.870. The number of aromatic nitrogens is 1. The molecule has 0 bridgehead atoms. The number of urea groups is 1. The number of thiazole rings is 1. The quantitative estimate of drug-likeness (QED) is 0.734. The van der Waals surface area contributed by atoms with Gasteiger partial charge in [-0.2, -0.15) is 0 Å². The van der Waals surface area contributed by atoms with Crippen molar-refractivity contribution in [1.82, 2.24) is 15.2 Å². The highest BCUT2D eigenvalue weighted by Crippen LogP contribution is 2.37. The lowest BCUT2D eigenvalue weighted by atomic mass is 10.1. The first-order valence-corrected chi connectivity index (χ1v) is 11.7. The summed E-state index contributed by atoms with van der Waals surface area (Å²) < 4.78 is 12.2. The summed E-state index contributed by atoms with van der Waals surface area (Å²) in [5.74, 6) is 0.725. The molecule has 132 valence electrons. The molecular formula is C16H30N3O2PS. The average molecular weight is 359 g/mol. The zero-order valence-corrected chi connectivity index (χ0v) is 17.0. The third kappa shape index (κ3) is 7.05. The molecule has 0 saturated heterocycles. The molecule has 0 aliphatic rings. The van der Waals surface area contributed by atoms with Gasteiger partial charge in [0.1, 0.15) is 7.14 Å². The summed E-state index contributed by atoms with van der Waals surface area (Å²) in [5, 5.41) is 6.04. The van der Waals surface area contributed by atoms with Crippen LogP contribution in [0.25, 0.3) is 0 Å². The van der Waals surface area contributed by atoms with Gasteiger partial charge >= 0.3 is 6.03 Å². The van der Waals surface area contributed by atoms with Gasteiger partial charge in [0.15, 0.2) is 0 Å². The average Bonchev–Trinajstić information content (AvgIpc) is 2.84. The van der Waals surface area contributed by atoms with Crippen LogP contribution in [0.5, 0.6) is 0 Å². The molecule has 7 heteroatoms. The lowest BCUT2D eigenvalue weighted by Gasteiger charge is -2.27. The first kappa shape index (κ1) is 20.2. The van der Waals surface area contributed by atoms with E-state index in [9.17, 15) is 9.36 Å². The molecule has 0 unspecified atom stereocenters. The van der Waals surface area contributed by atoms with Gasteiger partial charge in [-0.15, -0.1) is 11.3 Å². The third-order valence-electron chi connectivity index (χ3n) is 3.57. The highest BCUT2D eigenvalue weighted by Gasteiger charge is 2.23. The highest BCUT2D eigenvalue weighted by atomic mass is 32.1. The van der Waals surface area contributed by atoms with Crippen LogP contribution in [0.3, 0.4) is 0 Å². The molecule has 0 radical (unpaired) electrons. The van der Waals surface area contributed by atoms with Gasteiger partial charge in [-0.25, -0.2) is 9.78 Å².